The smallest absolute Gasteiger partial charge is 0.341 e. The number of aromatic nitrogens is 3. The maximum Gasteiger partial charge on any atom is 0.341 e. The molecule has 0 saturated heterocycles. The van der Waals surface area contributed by atoms with Crippen molar-refractivity contribution in [2.24, 2.45) is 7.05 Å². The van der Waals surface area contributed by atoms with Gasteiger partial charge in [0.15, 0.2) is 17.1 Å². The van der Waals surface area contributed by atoms with Crippen LogP contribution in [0.4, 0.5) is 5.00 Å². The number of hydrogen-bond acceptors (Lipinski definition) is 9. The Bertz CT molecular complexity index is 1250. The highest BCUT2D eigenvalue weighted by Crippen LogP contribution is 2.39. The molecule has 1 amide bonds. The van der Waals surface area contributed by atoms with E-state index in [0.29, 0.717) is 27.3 Å². The highest BCUT2D eigenvalue weighted by molar-refractivity contribution is 7.99. The van der Waals surface area contributed by atoms with Crippen molar-refractivity contribution in [3.05, 3.63) is 46.1 Å². The van der Waals surface area contributed by atoms with E-state index in [1.165, 1.54) is 23.1 Å². The number of anilines is 1. The summed E-state index contributed by atoms with van der Waals surface area (Å²) in [6, 6.07) is 7.33. The lowest BCUT2D eigenvalue weighted by molar-refractivity contribution is -0.113. The van der Waals surface area contributed by atoms with Crippen LogP contribution in [-0.4, -0.2) is 45.6 Å². The molecular weight excluding hydrogens is 512 g/mol. The molecule has 0 aliphatic heterocycles. The van der Waals surface area contributed by atoms with Crippen molar-refractivity contribution in [1.29, 1.82) is 0 Å². The van der Waals surface area contributed by atoms with Gasteiger partial charge < -0.3 is 24.1 Å². The van der Waals surface area contributed by atoms with E-state index in [-0.39, 0.29) is 29.8 Å². The van der Waals surface area contributed by atoms with Gasteiger partial charge in [0, 0.05) is 11.9 Å². The normalized spacial score (nSPS) is 13.7. The molecule has 0 bridgehead atoms. The molecule has 0 fully saturated rings. The molecule has 2 aromatic heterocycles. The first-order valence-corrected chi connectivity index (χ1v) is 14.0. The Labute approximate surface area is 224 Å². The molecule has 4 rings (SSSR count). The Kier molecular flexibility index (Phi) is 8.75. The Balaban J connectivity index is 1.39. The molecule has 2 heterocycles. The summed E-state index contributed by atoms with van der Waals surface area (Å²) in [6.07, 6.45) is 3.30. The monoisotopic (exact) mass is 544 g/mol. The molecule has 0 radical (unpaired) electrons. The van der Waals surface area contributed by atoms with E-state index < -0.39 is 0 Å². The third kappa shape index (κ3) is 6.45. The number of esters is 1. The fourth-order valence-electron chi connectivity index (χ4n) is 4.15. The number of nitrogens with zero attached hydrogens (tertiary/aromatic N) is 3. The average molecular weight is 545 g/mol. The zero-order valence-electron chi connectivity index (χ0n) is 21.7. The summed E-state index contributed by atoms with van der Waals surface area (Å²) in [7, 11) is 3.46. The predicted octanol–water partition coefficient (Wildman–Crippen LogP) is 5.20. The number of benzene rings is 1. The highest BCUT2D eigenvalue weighted by atomic mass is 32.2. The minimum Gasteiger partial charge on any atom is -0.497 e. The molecular formula is C26H32N4O5S2. The first kappa shape index (κ1) is 27.0. The van der Waals surface area contributed by atoms with Gasteiger partial charge in [-0.2, -0.15) is 0 Å². The number of methoxy groups -OCH3 is 1. The van der Waals surface area contributed by atoms with Crippen molar-refractivity contribution in [3.8, 4) is 11.5 Å². The average Bonchev–Trinajstić information content (AvgIpc) is 3.42. The van der Waals surface area contributed by atoms with Crippen molar-refractivity contribution in [1.82, 2.24) is 14.8 Å². The Morgan fingerprint density at radius 3 is 2.51 bits per heavy atom. The summed E-state index contributed by atoms with van der Waals surface area (Å²) in [6.45, 7) is 5.54. The van der Waals surface area contributed by atoms with E-state index in [0.717, 1.165) is 41.9 Å². The van der Waals surface area contributed by atoms with Crippen molar-refractivity contribution in [3.63, 3.8) is 0 Å². The number of aryl methyl sites for hydroxylation is 1. The molecule has 1 aliphatic carbocycles. The number of hydrogen-bond donors (Lipinski definition) is 1. The summed E-state index contributed by atoms with van der Waals surface area (Å²) in [5, 5.41) is 12.6. The molecule has 3 aromatic rings. The number of carbonyl (C=O) groups is 2. The molecule has 37 heavy (non-hydrogen) atoms. The maximum absolute atomic E-state index is 12.9. The first-order valence-electron chi connectivity index (χ1n) is 12.2. The van der Waals surface area contributed by atoms with Gasteiger partial charge in [-0.3, -0.25) is 4.79 Å². The number of thiophene rings is 1. The van der Waals surface area contributed by atoms with Gasteiger partial charge in [-0.25, -0.2) is 4.79 Å². The van der Waals surface area contributed by atoms with E-state index in [9.17, 15) is 9.59 Å². The Morgan fingerprint density at radius 2 is 1.81 bits per heavy atom. The maximum atomic E-state index is 12.9. The van der Waals surface area contributed by atoms with Crippen LogP contribution in [0, 0.1) is 0 Å². The standard InChI is InChI=1S/C26H32N4O5S2/c1-15(2)34-25(32)22-19-8-6-7-9-20(19)37-24(22)27-21(31)14-36-26-29-28-23(30(26)4)16(3)35-18-12-10-17(33-5)11-13-18/h10-13,15-16H,6-9,14H2,1-5H3,(H,27,31). The summed E-state index contributed by atoms with van der Waals surface area (Å²) in [5.74, 6) is 1.62. The summed E-state index contributed by atoms with van der Waals surface area (Å²) < 4.78 is 18.5. The number of thioether (sulfide) groups is 1. The number of carbonyl (C=O) groups excluding carboxylic acids is 2. The van der Waals surface area contributed by atoms with Gasteiger partial charge in [0.1, 0.15) is 16.5 Å². The van der Waals surface area contributed by atoms with Crippen LogP contribution in [0.3, 0.4) is 0 Å². The molecule has 1 aromatic carbocycles. The summed E-state index contributed by atoms with van der Waals surface area (Å²) >= 11 is 2.76. The van der Waals surface area contributed by atoms with E-state index in [1.807, 2.05) is 56.7 Å². The number of rotatable bonds is 10. The Morgan fingerprint density at radius 1 is 1.11 bits per heavy atom. The molecule has 198 valence electrons. The van der Waals surface area contributed by atoms with E-state index in [4.69, 9.17) is 14.2 Å². The summed E-state index contributed by atoms with van der Waals surface area (Å²) in [5.41, 5.74) is 1.53. The molecule has 1 atom stereocenters. The number of fused-ring (bicyclic) bond motifs is 1. The lowest BCUT2D eigenvalue weighted by Crippen LogP contribution is -2.19. The van der Waals surface area contributed by atoms with Gasteiger partial charge in [0.2, 0.25) is 5.91 Å². The fourth-order valence-corrected chi connectivity index (χ4v) is 6.16. The molecule has 0 spiro atoms. The zero-order chi connectivity index (χ0) is 26.5. The van der Waals surface area contributed by atoms with Crippen LogP contribution in [0.15, 0.2) is 29.4 Å². The van der Waals surface area contributed by atoms with Gasteiger partial charge in [0.25, 0.3) is 0 Å². The van der Waals surface area contributed by atoms with Crippen LogP contribution in [-0.2, 0) is 29.4 Å². The van der Waals surface area contributed by atoms with Gasteiger partial charge in [-0.15, -0.1) is 21.5 Å². The second-order valence-corrected chi connectivity index (χ2v) is 11.1. The predicted molar refractivity (Wildman–Crippen MR) is 144 cm³/mol. The Hall–Kier alpha value is -3.05. The first-order chi connectivity index (χ1) is 17.8. The van der Waals surface area contributed by atoms with Crippen LogP contribution in [0.25, 0.3) is 0 Å². The quantitative estimate of drug-likeness (QED) is 0.274. The molecule has 9 nitrogen and oxygen atoms in total. The van der Waals surface area contributed by atoms with Crippen LogP contribution in [0.2, 0.25) is 0 Å². The zero-order valence-corrected chi connectivity index (χ0v) is 23.3. The molecule has 11 heteroatoms. The van der Waals surface area contributed by atoms with Crippen molar-refractivity contribution in [2.75, 3.05) is 18.2 Å². The van der Waals surface area contributed by atoms with Crippen LogP contribution >= 0.6 is 23.1 Å². The van der Waals surface area contributed by atoms with Crippen molar-refractivity contribution in [2.45, 2.75) is 63.8 Å². The van der Waals surface area contributed by atoms with Crippen LogP contribution < -0.4 is 14.8 Å². The second kappa shape index (κ2) is 12.0. The molecule has 0 saturated carbocycles. The van der Waals surface area contributed by atoms with Gasteiger partial charge in [-0.1, -0.05) is 11.8 Å². The largest absolute Gasteiger partial charge is 0.497 e. The highest BCUT2D eigenvalue weighted by Gasteiger charge is 2.28. The molecule has 1 N–H and O–H groups in total. The lowest BCUT2D eigenvalue weighted by atomic mass is 9.95. The molecule has 1 unspecified atom stereocenters. The fraction of sp³-hybridized carbons (Fsp3) is 0.462. The van der Waals surface area contributed by atoms with Gasteiger partial charge in [0.05, 0.1) is 24.5 Å². The number of amides is 1. The number of ether oxygens (including phenoxy) is 3. The lowest BCUT2D eigenvalue weighted by Gasteiger charge is -2.14. The van der Waals surface area contributed by atoms with Gasteiger partial charge in [-0.05, 0) is 76.3 Å². The summed E-state index contributed by atoms with van der Waals surface area (Å²) in [4.78, 5) is 26.9. The van der Waals surface area contributed by atoms with E-state index >= 15 is 0 Å². The second-order valence-electron chi connectivity index (χ2n) is 9.04. The van der Waals surface area contributed by atoms with Crippen molar-refractivity contribution < 1.29 is 23.8 Å². The number of nitrogens with one attached hydrogen (secondary N) is 1. The van der Waals surface area contributed by atoms with Gasteiger partial charge >= 0.3 is 5.97 Å². The minimum absolute atomic E-state index is 0.126. The SMILES string of the molecule is COc1ccc(OC(C)c2nnc(SCC(=O)Nc3sc4c(c3C(=O)OC(C)C)CCCC4)n2C)cc1. The van der Waals surface area contributed by atoms with Crippen LogP contribution in [0.1, 0.15) is 66.3 Å². The van der Waals surface area contributed by atoms with E-state index in [2.05, 4.69) is 15.5 Å². The third-order valence-electron chi connectivity index (χ3n) is 5.91. The minimum atomic E-state index is -0.374. The topological polar surface area (TPSA) is 105 Å². The third-order valence-corrected chi connectivity index (χ3v) is 8.14. The van der Waals surface area contributed by atoms with Crippen LogP contribution in [0.5, 0.6) is 11.5 Å². The van der Waals surface area contributed by atoms with Crippen molar-refractivity contribution >= 4 is 40.0 Å². The molecule has 1 aliphatic rings. The van der Waals surface area contributed by atoms with E-state index in [1.54, 1.807) is 7.11 Å².